The number of halogens is 3. The van der Waals surface area contributed by atoms with Gasteiger partial charge in [0.1, 0.15) is 18.4 Å². The summed E-state index contributed by atoms with van der Waals surface area (Å²) in [6, 6.07) is 8.26. The predicted molar refractivity (Wildman–Crippen MR) is 106 cm³/mol. The second-order valence-corrected chi connectivity index (χ2v) is 8.97. The first-order valence-corrected chi connectivity index (χ1v) is 10.8. The number of amidine groups is 1. The first kappa shape index (κ1) is 22.4. The molecule has 0 aliphatic carbocycles. The fourth-order valence-electron chi connectivity index (χ4n) is 3.21. The largest absolute Gasteiger partial charge is 0.497 e. The molecule has 0 saturated heterocycles. The summed E-state index contributed by atoms with van der Waals surface area (Å²) in [4.78, 5) is 9.04. The highest BCUT2D eigenvalue weighted by Gasteiger charge is 2.39. The minimum atomic E-state index is -4.60. The van der Waals surface area contributed by atoms with Gasteiger partial charge in [0.05, 0.1) is 13.3 Å². The first-order valence-electron chi connectivity index (χ1n) is 8.87. The zero-order chi connectivity index (χ0) is 23.0. The van der Waals surface area contributed by atoms with Gasteiger partial charge in [0.2, 0.25) is 5.50 Å². The lowest BCUT2D eigenvalue weighted by atomic mass is 10.2. The van der Waals surface area contributed by atoms with Gasteiger partial charge >= 0.3 is 6.18 Å². The fourth-order valence-corrected chi connectivity index (χ4v) is 4.15. The normalized spacial score (nSPS) is 16.4. The Bertz CT molecular complexity index is 1140. The molecule has 2 aromatic rings. The zero-order valence-electron chi connectivity index (χ0n) is 16.8. The lowest BCUT2D eigenvalue weighted by Crippen LogP contribution is -2.53. The number of hydrogen-bond donors (Lipinski definition) is 0. The van der Waals surface area contributed by atoms with E-state index in [1.54, 1.807) is 24.3 Å². The topological polar surface area (TPSA) is 104 Å². The summed E-state index contributed by atoms with van der Waals surface area (Å²) >= 11 is 0. The van der Waals surface area contributed by atoms with Gasteiger partial charge in [-0.1, -0.05) is 12.1 Å². The van der Waals surface area contributed by atoms with E-state index < -0.39 is 28.1 Å². The number of nitrogens with zero attached hydrogens (tertiary/aromatic N) is 6. The summed E-state index contributed by atoms with van der Waals surface area (Å²) in [6.07, 6.45) is -2.53. The highest BCUT2D eigenvalue weighted by molar-refractivity contribution is 7.91. The fraction of sp³-hybridized carbons (Fsp3) is 0.389. The van der Waals surface area contributed by atoms with Crippen LogP contribution in [-0.4, -0.2) is 67.4 Å². The maximum atomic E-state index is 13.4. The van der Waals surface area contributed by atoms with Gasteiger partial charge in [-0.15, -0.1) is 0 Å². The van der Waals surface area contributed by atoms with Gasteiger partial charge in [0, 0.05) is 19.8 Å². The Hall–Kier alpha value is -3.27. The van der Waals surface area contributed by atoms with Gasteiger partial charge in [-0.25, -0.2) is 23.1 Å². The molecular formula is C18H19F3N6O3S. The Kier molecular flexibility index (Phi) is 5.86. The van der Waals surface area contributed by atoms with Crippen molar-refractivity contribution >= 4 is 15.7 Å². The molecule has 2 heterocycles. The second-order valence-electron chi connectivity index (χ2n) is 6.89. The average Bonchev–Trinajstić information content (AvgIpc) is 3.11. The van der Waals surface area contributed by atoms with E-state index in [0.717, 1.165) is 27.0 Å². The average molecular weight is 456 g/mol. The SMILES string of the molecule is COc1ccc(CN(CC(F)(F)F)C2=NC(S(C)(=O)=O)N(C)n3c(C#N)cnc32)cc1. The maximum absolute atomic E-state index is 13.4. The van der Waals surface area contributed by atoms with Crippen molar-refractivity contribution in [2.24, 2.45) is 4.99 Å². The molecule has 1 aromatic carbocycles. The van der Waals surface area contributed by atoms with E-state index in [-0.39, 0.29) is 23.9 Å². The molecule has 0 fully saturated rings. The van der Waals surface area contributed by atoms with E-state index in [9.17, 15) is 26.9 Å². The lowest BCUT2D eigenvalue weighted by Gasteiger charge is -2.36. The highest BCUT2D eigenvalue weighted by atomic mass is 32.2. The molecule has 13 heteroatoms. The van der Waals surface area contributed by atoms with Crippen LogP contribution in [0.25, 0.3) is 0 Å². The third-order valence-corrected chi connectivity index (χ3v) is 5.68. The molecule has 0 spiro atoms. The Morgan fingerprint density at radius 1 is 1.29 bits per heavy atom. The molecule has 0 radical (unpaired) electrons. The number of hydrogen-bond acceptors (Lipinski definition) is 8. The standard InChI is InChI=1S/C18H19F3N6O3S/c1-25-17(31(3,28)29)24-16(15-23-9-13(8-22)27(15)25)26(11-18(19,20)21)10-12-4-6-14(30-2)7-5-12/h4-7,9,17H,10-11H2,1-3H3. The number of imidazole rings is 1. The molecule has 1 unspecified atom stereocenters. The summed E-state index contributed by atoms with van der Waals surface area (Å²) in [5.74, 6) is 0.203. The molecule has 1 aliphatic rings. The quantitative estimate of drug-likeness (QED) is 0.671. The van der Waals surface area contributed by atoms with Gasteiger partial charge < -0.3 is 9.64 Å². The third-order valence-electron chi connectivity index (χ3n) is 4.51. The zero-order valence-corrected chi connectivity index (χ0v) is 17.6. The van der Waals surface area contributed by atoms with Crippen LogP contribution in [0.3, 0.4) is 0 Å². The first-order chi connectivity index (χ1) is 14.4. The van der Waals surface area contributed by atoms with Crippen molar-refractivity contribution in [2.75, 3.05) is 32.0 Å². The molecule has 0 saturated carbocycles. The number of sulfone groups is 1. The molecule has 1 aliphatic heterocycles. The van der Waals surface area contributed by atoms with Crippen LogP contribution in [0.1, 0.15) is 17.1 Å². The monoisotopic (exact) mass is 456 g/mol. The Labute approximate surface area is 176 Å². The van der Waals surface area contributed by atoms with Crippen LogP contribution < -0.4 is 9.75 Å². The summed E-state index contributed by atoms with van der Waals surface area (Å²) in [6.45, 7) is -1.62. The van der Waals surface area contributed by atoms with Crippen LogP contribution in [0, 0.1) is 11.3 Å². The number of methoxy groups -OCH3 is 1. The van der Waals surface area contributed by atoms with Crippen LogP contribution in [-0.2, 0) is 16.4 Å². The molecule has 9 nitrogen and oxygen atoms in total. The molecular weight excluding hydrogens is 437 g/mol. The molecule has 166 valence electrons. The summed E-state index contributed by atoms with van der Waals surface area (Å²) in [5, 5.41) is 10.5. The number of nitriles is 1. The number of aliphatic imine (C=N–C) groups is 1. The highest BCUT2D eigenvalue weighted by Crippen LogP contribution is 2.25. The van der Waals surface area contributed by atoms with Crippen LogP contribution in [0.5, 0.6) is 5.75 Å². The van der Waals surface area contributed by atoms with E-state index in [4.69, 9.17) is 4.74 Å². The Balaban J connectivity index is 2.12. The predicted octanol–water partition coefficient (Wildman–Crippen LogP) is 1.48. The van der Waals surface area contributed by atoms with E-state index in [1.165, 1.54) is 14.2 Å². The van der Waals surface area contributed by atoms with E-state index in [0.29, 0.717) is 11.3 Å². The van der Waals surface area contributed by atoms with E-state index in [1.807, 2.05) is 6.07 Å². The number of rotatable bonds is 5. The maximum Gasteiger partial charge on any atom is 0.405 e. The van der Waals surface area contributed by atoms with Crippen molar-refractivity contribution in [1.29, 1.82) is 5.26 Å². The molecule has 0 amide bonds. The van der Waals surface area contributed by atoms with Crippen LogP contribution in [0.15, 0.2) is 35.5 Å². The van der Waals surface area contributed by atoms with Gasteiger partial charge in [0.15, 0.2) is 27.2 Å². The van der Waals surface area contributed by atoms with Crippen molar-refractivity contribution in [3.05, 3.63) is 47.5 Å². The lowest BCUT2D eigenvalue weighted by molar-refractivity contribution is -0.138. The van der Waals surface area contributed by atoms with Crippen molar-refractivity contribution in [1.82, 2.24) is 14.6 Å². The number of ether oxygens (including phenoxy) is 1. The smallest absolute Gasteiger partial charge is 0.405 e. The van der Waals surface area contributed by atoms with Gasteiger partial charge in [-0.3, -0.25) is 5.01 Å². The summed E-state index contributed by atoms with van der Waals surface area (Å²) < 4.78 is 71.0. The molecule has 31 heavy (non-hydrogen) atoms. The molecule has 0 N–H and O–H groups in total. The van der Waals surface area contributed by atoms with Crippen LogP contribution in [0.2, 0.25) is 0 Å². The van der Waals surface area contributed by atoms with Crippen LogP contribution >= 0.6 is 0 Å². The second kappa shape index (κ2) is 8.10. The number of fused-ring (bicyclic) bond motifs is 1. The Morgan fingerprint density at radius 2 is 1.94 bits per heavy atom. The number of aromatic nitrogens is 2. The van der Waals surface area contributed by atoms with Crippen molar-refractivity contribution in [2.45, 2.75) is 18.2 Å². The van der Waals surface area contributed by atoms with E-state index >= 15 is 0 Å². The van der Waals surface area contributed by atoms with Gasteiger partial charge in [0.25, 0.3) is 0 Å². The number of benzene rings is 1. The van der Waals surface area contributed by atoms with Gasteiger partial charge in [-0.05, 0) is 17.7 Å². The van der Waals surface area contributed by atoms with Crippen molar-refractivity contribution in [3.63, 3.8) is 0 Å². The minimum Gasteiger partial charge on any atom is -0.497 e. The minimum absolute atomic E-state index is 0.0324. The Morgan fingerprint density at radius 3 is 2.45 bits per heavy atom. The summed E-state index contributed by atoms with van der Waals surface area (Å²) in [5.41, 5.74) is -1.04. The molecule has 1 atom stereocenters. The summed E-state index contributed by atoms with van der Waals surface area (Å²) in [7, 11) is -1.02. The number of alkyl halides is 3. The molecule has 0 bridgehead atoms. The molecule has 1 aromatic heterocycles. The van der Waals surface area contributed by atoms with Gasteiger partial charge in [-0.2, -0.15) is 18.4 Å². The van der Waals surface area contributed by atoms with E-state index in [2.05, 4.69) is 9.98 Å². The third kappa shape index (κ3) is 4.74. The van der Waals surface area contributed by atoms with Crippen LogP contribution in [0.4, 0.5) is 13.2 Å². The van der Waals surface area contributed by atoms with Crippen molar-refractivity contribution < 1.29 is 26.3 Å². The molecule has 3 rings (SSSR count). The van der Waals surface area contributed by atoms with Crippen molar-refractivity contribution in [3.8, 4) is 11.8 Å².